The lowest BCUT2D eigenvalue weighted by molar-refractivity contribution is 0.0758. The molecule has 138 valence electrons. The van der Waals surface area contributed by atoms with E-state index in [9.17, 15) is 4.79 Å². The summed E-state index contributed by atoms with van der Waals surface area (Å²) >= 11 is 0. The van der Waals surface area contributed by atoms with Gasteiger partial charge in [-0.1, -0.05) is 0 Å². The zero-order valence-corrected chi connectivity index (χ0v) is 15.0. The summed E-state index contributed by atoms with van der Waals surface area (Å²) in [7, 11) is 0. The fourth-order valence-electron chi connectivity index (χ4n) is 3.62. The maximum absolute atomic E-state index is 12.7. The van der Waals surface area contributed by atoms with Crippen LogP contribution in [0.3, 0.4) is 0 Å². The molecule has 3 aromatic heterocycles. The smallest absolute Gasteiger partial charge is 0.255 e. The average Bonchev–Trinajstić information content (AvgIpc) is 3.31. The van der Waals surface area contributed by atoms with Gasteiger partial charge in [-0.15, -0.1) is 0 Å². The molecule has 0 saturated heterocycles. The Morgan fingerprint density at radius 3 is 2.85 bits per heavy atom. The van der Waals surface area contributed by atoms with Crippen molar-refractivity contribution in [1.82, 2.24) is 34.4 Å². The highest BCUT2D eigenvalue weighted by Gasteiger charge is 2.24. The van der Waals surface area contributed by atoms with Gasteiger partial charge in [-0.3, -0.25) is 9.48 Å². The Morgan fingerprint density at radius 2 is 2.04 bits per heavy atom. The average molecular weight is 363 g/mol. The highest BCUT2D eigenvalue weighted by molar-refractivity contribution is 5.93. The van der Waals surface area contributed by atoms with E-state index in [0.29, 0.717) is 18.7 Å². The summed E-state index contributed by atoms with van der Waals surface area (Å²) in [4.78, 5) is 19.2. The third-order valence-electron chi connectivity index (χ3n) is 5.33. The van der Waals surface area contributed by atoms with Gasteiger partial charge in [0.25, 0.3) is 5.91 Å². The number of imidazole rings is 1. The normalized spacial score (nSPS) is 16.8. The van der Waals surface area contributed by atoms with E-state index in [4.69, 9.17) is 0 Å². The molecule has 8 nitrogen and oxygen atoms in total. The van der Waals surface area contributed by atoms with Crippen molar-refractivity contribution in [2.45, 2.75) is 32.4 Å². The zero-order valence-electron chi connectivity index (χ0n) is 15.0. The minimum absolute atomic E-state index is 0.00513. The molecule has 27 heavy (non-hydrogen) atoms. The number of hydrogen-bond donors (Lipinski definition) is 0. The first kappa shape index (κ1) is 16.2. The molecular formula is C19H21N7O. The topological polar surface area (TPSA) is 81.7 Å². The summed E-state index contributed by atoms with van der Waals surface area (Å²) in [6.07, 6.45) is 12.4. The van der Waals surface area contributed by atoms with E-state index < -0.39 is 0 Å². The molecule has 2 aliphatic rings. The Balaban J connectivity index is 1.34. The van der Waals surface area contributed by atoms with E-state index in [-0.39, 0.29) is 5.91 Å². The maximum atomic E-state index is 12.7. The van der Waals surface area contributed by atoms with Crippen LogP contribution in [0.4, 0.5) is 0 Å². The quantitative estimate of drug-likeness (QED) is 0.704. The van der Waals surface area contributed by atoms with Crippen molar-refractivity contribution in [2.24, 2.45) is 5.92 Å². The van der Waals surface area contributed by atoms with Crippen molar-refractivity contribution in [2.75, 3.05) is 13.1 Å². The Bertz CT molecular complexity index is 958. The SMILES string of the molecule is O=C(c1ccnnc1)N1CCc2ncc(-c3cnn(CC4CC4)c3)n2CC1. The van der Waals surface area contributed by atoms with Crippen LogP contribution >= 0.6 is 0 Å². The Morgan fingerprint density at radius 1 is 1.11 bits per heavy atom. The Hall–Kier alpha value is -3.03. The van der Waals surface area contributed by atoms with Crippen LogP contribution in [0.5, 0.6) is 0 Å². The molecule has 4 heterocycles. The van der Waals surface area contributed by atoms with Crippen LogP contribution in [0.25, 0.3) is 11.3 Å². The molecule has 0 unspecified atom stereocenters. The molecule has 1 amide bonds. The van der Waals surface area contributed by atoms with Crippen molar-refractivity contribution in [3.63, 3.8) is 0 Å². The molecule has 0 spiro atoms. The predicted molar refractivity (Wildman–Crippen MR) is 97.8 cm³/mol. The fourth-order valence-corrected chi connectivity index (χ4v) is 3.62. The van der Waals surface area contributed by atoms with E-state index >= 15 is 0 Å². The van der Waals surface area contributed by atoms with Crippen LogP contribution in [-0.4, -0.2) is 53.4 Å². The van der Waals surface area contributed by atoms with Crippen molar-refractivity contribution in [1.29, 1.82) is 0 Å². The van der Waals surface area contributed by atoms with E-state index in [1.54, 1.807) is 12.3 Å². The van der Waals surface area contributed by atoms with Gasteiger partial charge in [0.15, 0.2) is 0 Å². The van der Waals surface area contributed by atoms with E-state index in [1.165, 1.54) is 19.0 Å². The molecule has 0 aromatic carbocycles. The molecule has 5 rings (SSSR count). The highest BCUT2D eigenvalue weighted by atomic mass is 16.2. The molecule has 3 aromatic rings. The second-order valence-corrected chi connectivity index (χ2v) is 7.28. The summed E-state index contributed by atoms with van der Waals surface area (Å²) in [6.45, 7) is 3.03. The van der Waals surface area contributed by atoms with Gasteiger partial charge in [-0.25, -0.2) is 4.98 Å². The maximum Gasteiger partial charge on any atom is 0.255 e. The number of amides is 1. The number of hydrogen-bond acceptors (Lipinski definition) is 5. The third kappa shape index (κ3) is 3.22. The number of carbonyl (C=O) groups excluding carboxylic acids is 1. The summed E-state index contributed by atoms with van der Waals surface area (Å²) in [5.41, 5.74) is 2.74. The second-order valence-electron chi connectivity index (χ2n) is 7.28. The zero-order chi connectivity index (χ0) is 18.2. The minimum atomic E-state index is -0.00513. The summed E-state index contributed by atoms with van der Waals surface area (Å²) in [5.74, 6) is 1.81. The van der Waals surface area contributed by atoms with Crippen LogP contribution in [0.15, 0.2) is 37.1 Å². The number of carbonyl (C=O) groups is 1. The molecule has 8 heteroatoms. The van der Waals surface area contributed by atoms with Gasteiger partial charge in [-0.05, 0) is 24.8 Å². The van der Waals surface area contributed by atoms with Gasteiger partial charge in [0.1, 0.15) is 5.82 Å². The number of rotatable bonds is 4. The van der Waals surface area contributed by atoms with Crippen molar-refractivity contribution in [3.8, 4) is 11.3 Å². The fraction of sp³-hybridized carbons (Fsp3) is 0.421. The van der Waals surface area contributed by atoms with Crippen LogP contribution in [0, 0.1) is 5.92 Å². The third-order valence-corrected chi connectivity index (χ3v) is 5.33. The number of fused-ring (bicyclic) bond motifs is 1. The number of aromatic nitrogens is 6. The summed E-state index contributed by atoms with van der Waals surface area (Å²) in [5, 5.41) is 12.1. The van der Waals surface area contributed by atoms with Crippen molar-refractivity contribution < 1.29 is 4.79 Å². The summed E-state index contributed by atoms with van der Waals surface area (Å²) < 4.78 is 4.26. The molecule has 1 aliphatic carbocycles. The van der Waals surface area contributed by atoms with Gasteiger partial charge in [0.05, 0.1) is 36.0 Å². The molecule has 0 bridgehead atoms. The number of nitrogens with zero attached hydrogens (tertiary/aromatic N) is 7. The Kier molecular flexibility index (Phi) is 3.95. The largest absolute Gasteiger partial charge is 0.336 e. The lowest BCUT2D eigenvalue weighted by Gasteiger charge is -2.19. The van der Waals surface area contributed by atoms with Crippen LogP contribution in [0.1, 0.15) is 29.0 Å². The molecule has 1 fully saturated rings. The molecular weight excluding hydrogens is 342 g/mol. The van der Waals surface area contributed by atoms with E-state index in [0.717, 1.165) is 42.5 Å². The van der Waals surface area contributed by atoms with E-state index in [1.807, 2.05) is 22.0 Å². The van der Waals surface area contributed by atoms with Crippen LogP contribution < -0.4 is 0 Å². The molecule has 0 radical (unpaired) electrons. The lowest BCUT2D eigenvalue weighted by Crippen LogP contribution is -2.33. The minimum Gasteiger partial charge on any atom is -0.336 e. The second kappa shape index (κ2) is 6.61. The summed E-state index contributed by atoms with van der Waals surface area (Å²) in [6, 6.07) is 1.71. The first-order chi connectivity index (χ1) is 13.3. The van der Waals surface area contributed by atoms with Gasteiger partial charge >= 0.3 is 0 Å². The molecule has 0 N–H and O–H groups in total. The van der Waals surface area contributed by atoms with Gasteiger partial charge < -0.3 is 9.47 Å². The van der Waals surface area contributed by atoms with Crippen molar-refractivity contribution in [3.05, 3.63) is 48.4 Å². The van der Waals surface area contributed by atoms with Gasteiger partial charge in [0.2, 0.25) is 0 Å². The van der Waals surface area contributed by atoms with Gasteiger partial charge in [0, 0.05) is 44.4 Å². The van der Waals surface area contributed by atoms with Crippen LogP contribution in [0.2, 0.25) is 0 Å². The molecule has 0 atom stereocenters. The first-order valence-corrected chi connectivity index (χ1v) is 9.41. The first-order valence-electron chi connectivity index (χ1n) is 9.41. The standard InChI is InChI=1S/C19H21N7O/c27-19(15-3-5-21-22-9-15)24-6-4-18-20-11-17(26(18)8-7-24)16-10-23-25(13-16)12-14-1-2-14/h3,5,9-11,13-14H,1-2,4,6-8,12H2. The highest BCUT2D eigenvalue weighted by Crippen LogP contribution is 2.31. The Labute approximate surface area is 156 Å². The molecule has 1 saturated carbocycles. The van der Waals surface area contributed by atoms with Crippen LogP contribution in [-0.2, 0) is 19.5 Å². The van der Waals surface area contributed by atoms with Gasteiger partial charge in [-0.2, -0.15) is 15.3 Å². The van der Waals surface area contributed by atoms with E-state index in [2.05, 4.69) is 31.0 Å². The van der Waals surface area contributed by atoms with Crippen molar-refractivity contribution >= 4 is 5.91 Å². The lowest BCUT2D eigenvalue weighted by atomic mass is 10.2. The predicted octanol–water partition coefficient (Wildman–Crippen LogP) is 1.65. The monoisotopic (exact) mass is 363 g/mol. The molecule has 1 aliphatic heterocycles.